The van der Waals surface area contributed by atoms with Crippen molar-refractivity contribution in [2.24, 2.45) is 5.92 Å². The molecule has 4 rings (SSSR count). The highest BCUT2D eigenvalue weighted by Gasteiger charge is 2.38. The number of allylic oxidation sites excluding steroid dienone is 2. The van der Waals surface area contributed by atoms with Crippen LogP contribution < -0.4 is 10.1 Å². The zero-order valence-electron chi connectivity index (χ0n) is 14.0. The molecule has 0 fully saturated rings. The van der Waals surface area contributed by atoms with E-state index in [4.69, 9.17) is 4.74 Å². The van der Waals surface area contributed by atoms with Crippen molar-refractivity contribution >= 4 is 11.4 Å². The highest BCUT2D eigenvalue weighted by molar-refractivity contribution is 5.62. The summed E-state index contributed by atoms with van der Waals surface area (Å²) >= 11 is 0. The Morgan fingerprint density at radius 2 is 2.16 bits per heavy atom. The van der Waals surface area contributed by atoms with E-state index in [2.05, 4.69) is 23.5 Å². The Morgan fingerprint density at radius 3 is 2.96 bits per heavy atom. The number of hydrogen-bond donors (Lipinski definition) is 1. The predicted octanol–water partition coefficient (Wildman–Crippen LogP) is 4.82. The minimum Gasteiger partial charge on any atom is -0.494 e. The molecule has 5 nitrogen and oxygen atoms in total. The van der Waals surface area contributed by atoms with Crippen LogP contribution >= 0.6 is 0 Å². The molecule has 25 heavy (non-hydrogen) atoms. The van der Waals surface area contributed by atoms with Crippen LogP contribution in [0.3, 0.4) is 0 Å². The van der Waals surface area contributed by atoms with Crippen LogP contribution in [0.2, 0.25) is 0 Å². The van der Waals surface area contributed by atoms with Crippen LogP contribution in [0.4, 0.5) is 11.4 Å². The fourth-order valence-electron chi connectivity index (χ4n) is 3.99. The first kappa shape index (κ1) is 15.7. The molecule has 5 heteroatoms. The van der Waals surface area contributed by atoms with E-state index in [1.807, 2.05) is 25.1 Å². The molecule has 3 atom stereocenters. The SMILES string of the molecule is CCOc1ccc2c(c1)[C@H]1C=CC[C@H]1[C@H](c1cccc([N+](=O)[O-])c1)N2. The molecule has 1 aliphatic heterocycles. The molecule has 0 saturated heterocycles. The van der Waals surface area contributed by atoms with Crippen LogP contribution in [0.5, 0.6) is 5.75 Å². The van der Waals surface area contributed by atoms with Gasteiger partial charge in [0.05, 0.1) is 17.6 Å². The maximum atomic E-state index is 11.1. The van der Waals surface area contributed by atoms with E-state index in [0.29, 0.717) is 18.4 Å². The molecule has 1 heterocycles. The largest absolute Gasteiger partial charge is 0.494 e. The second-order valence-corrected chi connectivity index (χ2v) is 6.51. The van der Waals surface area contributed by atoms with Gasteiger partial charge < -0.3 is 10.1 Å². The molecule has 2 aliphatic rings. The monoisotopic (exact) mass is 336 g/mol. The van der Waals surface area contributed by atoms with Gasteiger partial charge in [0.1, 0.15) is 5.75 Å². The lowest BCUT2D eigenvalue weighted by atomic mass is 9.77. The van der Waals surface area contributed by atoms with Crippen LogP contribution in [0.25, 0.3) is 0 Å². The fraction of sp³-hybridized carbons (Fsp3) is 0.300. The molecule has 0 bridgehead atoms. The van der Waals surface area contributed by atoms with Crippen LogP contribution in [0, 0.1) is 16.0 Å². The molecule has 2 aromatic rings. The maximum absolute atomic E-state index is 11.1. The van der Waals surface area contributed by atoms with E-state index in [0.717, 1.165) is 23.4 Å². The number of benzene rings is 2. The Morgan fingerprint density at radius 1 is 1.28 bits per heavy atom. The minimum atomic E-state index is -0.334. The summed E-state index contributed by atoms with van der Waals surface area (Å²) in [6, 6.07) is 13.2. The second kappa shape index (κ2) is 6.24. The average molecular weight is 336 g/mol. The van der Waals surface area contributed by atoms with Gasteiger partial charge in [0, 0.05) is 23.7 Å². The molecule has 0 aromatic heterocycles. The smallest absolute Gasteiger partial charge is 0.269 e. The van der Waals surface area contributed by atoms with Gasteiger partial charge in [-0.25, -0.2) is 0 Å². The van der Waals surface area contributed by atoms with E-state index in [-0.39, 0.29) is 16.7 Å². The third-order valence-electron chi connectivity index (χ3n) is 5.09. The van der Waals surface area contributed by atoms with Crippen molar-refractivity contribution < 1.29 is 9.66 Å². The lowest BCUT2D eigenvalue weighted by molar-refractivity contribution is -0.384. The fourth-order valence-corrected chi connectivity index (χ4v) is 3.99. The molecule has 0 unspecified atom stereocenters. The lowest BCUT2D eigenvalue weighted by Gasteiger charge is -2.37. The number of nitrogens with one attached hydrogen (secondary N) is 1. The molecule has 1 N–H and O–H groups in total. The number of hydrogen-bond acceptors (Lipinski definition) is 4. The topological polar surface area (TPSA) is 64.4 Å². The van der Waals surface area contributed by atoms with Gasteiger partial charge in [0.15, 0.2) is 0 Å². The van der Waals surface area contributed by atoms with Gasteiger partial charge in [-0.05, 0) is 48.6 Å². The molecule has 0 spiro atoms. The van der Waals surface area contributed by atoms with Gasteiger partial charge in [-0.1, -0.05) is 24.3 Å². The summed E-state index contributed by atoms with van der Waals surface area (Å²) in [5.41, 5.74) is 3.42. The third kappa shape index (κ3) is 2.76. The summed E-state index contributed by atoms with van der Waals surface area (Å²) in [6.45, 7) is 2.63. The number of fused-ring (bicyclic) bond motifs is 3. The summed E-state index contributed by atoms with van der Waals surface area (Å²) in [5.74, 6) is 1.54. The number of anilines is 1. The quantitative estimate of drug-likeness (QED) is 0.494. The summed E-state index contributed by atoms with van der Waals surface area (Å²) < 4.78 is 5.65. The third-order valence-corrected chi connectivity index (χ3v) is 5.09. The Hall–Kier alpha value is -2.82. The first-order chi connectivity index (χ1) is 12.2. The van der Waals surface area contributed by atoms with Gasteiger partial charge in [-0.2, -0.15) is 0 Å². The molecular formula is C20H20N2O3. The number of non-ortho nitro benzene ring substituents is 1. The minimum absolute atomic E-state index is 0.0605. The molecule has 128 valence electrons. The Labute approximate surface area is 146 Å². The van der Waals surface area contributed by atoms with Crippen molar-refractivity contribution in [3.8, 4) is 5.75 Å². The number of nitrogens with zero attached hydrogens (tertiary/aromatic N) is 1. The Bertz CT molecular complexity index is 847. The average Bonchev–Trinajstić information content (AvgIpc) is 3.11. The van der Waals surface area contributed by atoms with Gasteiger partial charge in [0.2, 0.25) is 0 Å². The first-order valence-corrected chi connectivity index (χ1v) is 8.61. The van der Waals surface area contributed by atoms with E-state index < -0.39 is 0 Å². The second-order valence-electron chi connectivity index (χ2n) is 6.51. The van der Waals surface area contributed by atoms with Crippen LogP contribution in [-0.4, -0.2) is 11.5 Å². The molecule has 1 aliphatic carbocycles. The number of ether oxygens (including phenoxy) is 1. The number of rotatable bonds is 4. The predicted molar refractivity (Wildman–Crippen MR) is 97.1 cm³/mol. The molecule has 0 amide bonds. The van der Waals surface area contributed by atoms with E-state index in [1.165, 1.54) is 5.56 Å². The molecule has 2 aromatic carbocycles. The van der Waals surface area contributed by atoms with Crippen molar-refractivity contribution in [3.63, 3.8) is 0 Å². The molecular weight excluding hydrogens is 316 g/mol. The van der Waals surface area contributed by atoms with Gasteiger partial charge in [-0.3, -0.25) is 10.1 Å². The van der Waals surface area contributed by atoms with E-state index >= 15 is 0 Å². The van der Waals surface area contributed by atoms with E-state index in [1.54, 1.807) is 18.2 Å². The van der Waals surface area contributed by atoms with Crippen molar-refractivity contribution in [1.29, 1.82) is 0 Å². The number of nitro groups is 1. The van der Waals surface area contributed by atoms with Gasteiger partial charge >= 0.3 is 0 Å². The summed E-state index contributed by atoms with van der Waals surface area (Å²) in [4.78, 5) is 10.8. The van der Waals surface area contributed by atoms with Crippen molar-refractivity contribution in [1.82, 2.24) is 0 Å². The van der Waals surface area contributed by atoms with Crippen LogP contribution in [0.1, 0.15) is 36.4 Å². The van der Waals surface area contributed by atoms with Gasteiger partial charge in [0.25, 0.3) is 5.69 Å². The lowest BCUT2D eigenvalue weighted by Crippen LogP contribution is -2.29. The highest BCUT2D eigenvalue weighted by atomic mass is 16.6. The van der Waals surface area contributed by atoms with E-state index in [9.17, 15) is 10.1 Å². The van der Waals surface area contributed by atoms with Crippen molar-refractivity contribution in [2.45, 2.75) is 25.3 Å². The number of nitro benzene ring substituents is 1. The van der Waals surface area contributed by atoms with Crippen molar-refractivity contribution in [2.75, 3.05) is 11.9 Å². The Balaban J connectivity index is 1.73. The van der Waals surface area contributed by atoms with Crippen LogP contribution in [0.15, 0.2) is 54.6 Å². The van der Waals surface area contributed by atoms with Gasteiger partial charge in [-0.15, -0.1) is 0 Å². The highest BCUT2D eigenvalue weighted by Crippen LogP contribution is 2.50. The standard InChI is InChI=1S/C20H20N2O3/c1-2-25-15-9-10-19-18(12-15)16-7-4-8-17(16)20(21-19)13-5-3-6-14(11-13)22(23)24/h3-7,9-12,16-17,20-21H,2,8H2,1H3/t16-,17+,20-/m0/s1. The van der Waals surface area contributed by atoms with Crippen molar-refractivity contribution in [3.05, 3.63) is 75.9 Å². The zero-order valence-corrected chi connectivity index (χ0v) is 14.0. The summed E-state index contributed by atoms with van der Waals surface area (Å²) in [5, 5.41) is 14.7. The molecule has 0 radical (unpaired) electrons. The zero-order chi connectivity index (χ0) is 17.4. The normalized spacial score (nSPS) is 23.5. The Kier molecular flexibility index (Phi) is 3.92. The summed E-state index contributed by atoms with van der Waals surface area (Å²) in [6.07, 6.45) is 5.43. The van der Waals surface area contributed by atoms with Crippen LogP contribution in [-0.2, 0) is 0 Å². The first-order valence-electron chi connectivity index (χ1n) is 8.61. The maximum Gasteiger partial charge on any atom is 0.269 e. The summed E-state index contributed by atoms with van der Waals surface area (Å²) in [7, 11) is 0. The molecule has 0 saturated carbocycles.